The molecule has 0 amide bonds. The largest absolute Gasteiger partial charge is 0.302 e. The lowest BCUT2D eigenvalue weighted by Gasteiger charge is -1.97. The van der Waals surface area contributed by atoms with E-state index in [1.807, 2.05) is 24.3 Å². The van der Waals surface area contributed by atoms with Crippen LogP contribution in [0.2, 0.25) is 0 Å². The van der Waals surface area contributed by atoms with E-state index < -0.39 is 11.1 Å². The molecule has 0 spiro atoms. The van der Waals surface area contributed by atoms with Gasteiger partial charge in [-0.3, -0.25) is 0 Å². The Hall–Kier alpha value is -1.56. The molecule has 1 unspecified atom stereocenters. The highest BCUT2D eigenvalue weighted by molar-refractivity contribution is 7.79. The molecule has 0 aliphatic carbocycles. The zero-order valence-electron chi connectivity index (χ0n) is 10.2. The number of fused-ring (bicyclic) bond motifs is 1. The Morgan fingerprint density at radius 2 is 1.89 bits per heavy atom. The smallest absolute Gasteiger partial charge is 0.186 e. The lowest BCUT2D eigenvalue weighted by molar-refractivity contribution is 0.564. The van der Waals surface area contributed by atoms with Crippen LogP contribution >= 0.6 is 11.3 Å². The molecule has 2 aromatic carbocycles. The summed E-state index contributed by atoms with van der Waals surface area (Å²) in [6.07, 6.45) is 0. The van der Waals surface area contributed by atoms with Gasteiger partial charge in [-0.05, 0) is 36.8 Å². The lowest BCUT2D eigenvalue weighted by atomic mass is 10.2. The second-order valence-corrected chi connectivity index (χ2v) is 6.26. The van der Waals surface area contributed by atoms with Gasteiger partial charge in [-0.25, -0.2) is 9.19 Å². The minimum absolute atomic E-state index is 0.403. The highest BCUT2D eigenvalue weighted by Gasteiger charge is 2.07. The van der Waals surface area contributed by atoms with E-state index in [4.69, 9.17) is 4.55 Å². The molecular weight excluding hydrogens is 278 g/mol. The van der Waals surface area contributed by atoms with Crippen molar-refractivity contribution >= 4 is 32.6 Å². The van der Waals surface area contributed by atoms with E-state index in [0.29, 0.717) is 4.90 Å². The third kappa shape index (κ3) is 2.45. The molecule has 0 radical (unpaired) electrons. The molecule has 3 rings (SSSR count). The Morgan fingerprint density at radius 3 is 2.58 bits per heavy atom. The van der Waals surface area contributed by atoms with Crippen molar-refractivity contribution in [3.63, 3.8) is 0 Å². The highest BCUT2D eigenvalue weighted by Crippen LogP contribution is 2.30. The molecule has 0 bridgehead atoms. The summed E-state index contributed by atoms with van der Waals surface area (Å²) in [6, 6.07) is 13.1. The average molecular weight is 289 g/mol. The molecule has 0 aliphatic rings. The molecule has 1 aromatic heterocycles. The van der Waals surface area contributed by atoms with E-state index in [-0.39, 0.29) is 0 Å². The van der Waals surface area contributed by atoms with Crippen LogP contribution in [0.3, 0.4) is 0 Å². The standard InChI is InChI=1S/C14H11NO2S2/c1-9-2-7-12-13(8-9)18-14(15-12)10-3-5-11(6-4-10)19(16)17/h2-8H,1H3,(H,16,17). The number of thiazole rings is 1. The number of hydrogen-bond donors (Lipinski definition) is 1. The molecule has 0 aliphatic heterocycles. The van der Waals surface area contributed by atoms with Crippen molar-refractivity contribution in [1.29, 1.82) is 0 Å². The third-order valence-electron chi connectivity index (χ3n) is 2.85. The van der Waals surface area contributed by atoms with Crippen molar-refractivity contribution < 1.29 is 8.76 Å². The first-order chi connectivity index (χ1) is 9.13. The number of rotatable bonds is 2. The van der Waals surface area contributed by atoms with Crippen LogP contribution in [0.5, 0.6) is 0 Å². The summed E-state index contributed by atoms with van der Waals surface area (Å²) in [5.41, 5.74) is 3.17. The molecule has 3 aromatic rings. The molecule has 0 saturated heterocycles. The van der Waals surface area contributed by atoms with Crippen molar-refractivity contribution in [1.82, 2.24) is 4.98 Å². The second-order valence-electron chi connectivity index (χ2n) is 4.26. The van der Waals surface area contributed by atoms with E-state index in [9.17, 15) is 4.21 Å². The van der Waals surface area contributed by atoms with Gasteiger partial charge in [0.25, 0.3) is 0 Å². The Kier molecular flexibility index (Phi) is 3.18. The maximum absolute atomic E-state index is 10.9. The van der Waals surface area contributed by atoms with Gasteiger partial charge < -0.3 is 4.55 Å². The topological polar surface area (TPSA) is 50.2 Å². The van der Waals surface area contributed by atoms with Crippen LogP contribution in [0.1, 0.15) is 5.56 Å². The van der Waals surface area contributed by atoms with Gasteiger partial charge in [-0.15, -0.1) is 11.3 Å². The fourth-order valence-corrected chi connectivity index (χ4v) is 3.31. The molecule has 1 atom stereocenters. The van der Waals surface area contributed by atoms with Crippen LogP contribution in [0.4, 0.5) is 0 Å². The molecule has 5 heteroatoms. The Labute approximate surface area is 117 Å². The first-order valence-electron chi connectivity index (χ1n) is 5.72. The van der Waals surface area contributed by atoms with Crippen molar-refractivity contribution in [2.75, 3.05) is 0 Å². The molecule has 1 N–H and O–H groups in total. The summed E-state index contributed by atoms with van der Waals surface area (Å²) < 4.78 is 21.1. The SMILES string of the molecule is Cc1ccc2nc(-c3ccc(S(=O)O)cc3)sc2c1. The molecule has 19 heavy (non-hydrogen) atoms. The summed E-state index contributed by atoms with van der Waals surface area (Å²) in [6.45, 7) is 2.06. The maximum Gasteiger partial charge on any atom is 0.186 e. The van der Waals surface area contributed by atoms with Crippen molar-refractivity contribution in [3.8, 4) is 10.6 Å². The molecule has 1 heterocycles. The zero-order chi connectivity index (χ0) is 13.4. The van der Waals surface area contributed by atoms with Gasteiger partial charge in [-0.2, -0.15) is 0 Å². The van der Waals surface area contributed by atoms with Gasteiger partial charge in [0.15, 0.2) is 11.1 Å². The van der Waals surface area contributed by atoms with Gasteiger partial charge in [0.1, 0.15) is 5.01 Å². The summed E-state index contributed by atoms with van der Waals surface area (Å²) in [7, 11) is 0. The van der Waals surface area contributed by atoms with Crippen molar-refractivity contribution in [2.45, 2.75) is 11.8 Å². The van der Waals surface area contributed by atoms with Crippen LogP contribution in [0.15, 0.2) is 47.4 Å². The number of benzene rings is 2. The van der Waals surface area contributed by atoms with E-state index in [1.165, 1.54) is 5.56 Å². The van der Waals surface area contributed by atoms with Crippen LogP contribution in [-0.2, 0) is 11.1 Å². The monoisotopic (exact) mass is 289 g/mol. The van der Waals surface area contributed by atoms with Crippen molar-refractivity contribution in [3.05, 3.63) is 48.0 Å². The molecule has 0 fully saturated rings. The van der Waals surface area contributed by atoms with Crippen LogP contribution in [0, 0.1) is 6.92 Å². The summed E-state index contributed by atoms with van der Waals surface area (Å²) in [4.78, 5) is 4.98. The Morgan fingerprint density at radius 1 is 1.16 bits per heavy atom. The van der Waals surface area contributed by atoms with Gasteiger partial charge in [0.05, 0.1) is 15.1 Å². The quantitative estimate of drug-likeness (QED) is 0.729. The normalized spacial score (nSPS) is 12.7. The van der Waals surface area contributed by atoms with Gasteiger partial charge in [0, 0.05) is 5.56 Å². The van der Waals surface area contributed by atoms with E-state index in [2.05, 4.69) is 18.0 Å². The fraction of sp³-hybridized carbons (Fsp3) is 0.0714. The van der Waals surface area contributed by atoms with Gasteiger partial charge >= 0.3 is 0 Å². The number of nitrogens with zero attached hydrogens (tertiary/aromatic N) is 1. The summed E-state index contributed by atoms with van der Waals surface area (Å²) in [5.74, 6) is 0. The van der Waals surface area contributed by atoms with Crippen molar-refractivity contribution in [2.24, 2.45) is 0 Å². The molecular formula is C14H11NO2S2. The first kappa shape index (κ1) is 12.5. The van der Waals surface area contributed by atoms with Crippen LogP contribution in [-0.4, -0.2) is 13.7 Å². The summed E-state index contributed by atoms with van der Waals surface area (Å²) >= 11 is -0.299. The fourth-order valence-electron chi connectivity index (χ4n) is 1.87. The van der Waals surface area contributed by atoms with E-state index in [1.54, 1.807) is 23.5 Å². The predicted octanol–water partition coefficient (Wildman–Crippen LogP) is 3.85. The molecule has 3 nitrogen and oxygen atoms in total. The lowest BCUT2D eigenvalue weighted by Crippen LogP contribution is -1.87. The van der Waals surface area contributed by atoms with E-state index in [0.717, 1.165) is 20.8 Å². The second kappa shape index (κ2) is 4.85. The molecule has 96 valence electrons. The zero-order valence-corrected chi connectivity index (χ0v) is 11.8. The highest BCUT2D eigenvalue weighted by atomic mass is 32.2. The minimum Gasteiger partial charge on any atom is -0.302 e. The number of hydrogen-bond acceptors (Lipinski definition) is 3. The molecule has 0 saturated carbocycles. The first-order valence-corrected chi connectivity index (χ1v) is 7.64. The van der Waals surface area contributed by atoms with Crippen LogP contribution in [0.25, 0.3) is 20.8 Å². The third-order valence-corrected chi connectivity index (χ3v) is 4.59. The van der Waals surface area contributed by atoms with E-state index >= 15 is 0 Å². The average Bonchev–Trinajstić information content (AvgIpc) is 2.81. The number of aromatic nitrogens is 1. The maximum atomic E-state index is 10.9. The van der Waals surface area contributed by atoms with Gasteiger partial charge in [-0.1, -0.05) is 18.2 Å². The van der Waals surface area contributed by atoms with Gasteiger partial charge in [0.2, 0.25) is 0 Å². The number of aryl methyl sites for hydroxylation is 1. The summed E-state index contributed by atoms with van der Waals surface area (Å²) in [5, 5.41) is 0.927. The Balaban J connectivity index is 2.06. The minimum atomic E-state index is -1.93. The Bertz CT molecular complexity index is 763. The predicted molar refractivity (Wildman–Crippen MR) is 78.8 cm³/mol. The van der Waals surface area contributed by atoms with Crippen LogP contribution < -0.4 is 0 Å².